The standard InChI is InChI=1S/C6H6F3NOS/c1-3-4(12-2-10-3)5(11)6(7,8)9/h2,5,11H,1H3/t5-/m0/s1. The van der Waals surface area contributed by atoms with Crippen LogP contribution in [0.5, 0.6) is 0 Å². The zero-order valence-electron chi connectivity index (χ0n) is 6.09. The number of thiazole rings is 1. The fourth-order valence-corrected chi connectivity index (χ4v) is 1.53. The molecule has 1 heterocycles. The number of alkyl halides is 3. The lowest BCUT2D eigenvalue weighted by molar-refractivity contribution is -0.205. The Bertz CT molecular complexity index is 270. The molecule has 1 N–H and O–H groups in total. The monoisotopic (exact) mass is 197 g/mol. The van der Waals surface area contributed by atoms with Crippen molar-refractivity contribution in [2.75, 3.05) is 0 Å². The van der Waals surface area contributed by atoms with E-state index in [9.17, 15) is 13.2 Å². The Morgan fingerprint density at radius 2 is 2.17 bits per heavy atom. The van der Waals surface area contributed by atoms with Crippen LogP contribution in [0.15, 0.2) is 5.51 Å². The first-order valence-corrected chi connectivity index (χ1v) is 3.95. The summed E-state index contributed by atoms with van der Waals surface area (Å²) in [7, 11) is 0. The average Bonchev–Trinajstić information content (AvgIpc) is 2.31. The minimum absolute atomic E-state index is 0.137. The predicted molar refractivity (Wildman–Crippen MR) is 37.9 cm³/mol. The van der Waals surface area contributed by atoms with Crippen LogP contribution in [-0.4, -0.2) is 16.3 Å². The molecule has 0 spiro atoms. The number of hydrogen-bond acceptors (Lipinski definition) is 3. The molecule has 0 aliphatic rings. The number of aryl methyl sites for hydroxylation is 1. The normalized spacial score (nSPS) is 14.8. The zero-order valence-corrected chi connectivity index (χ0v) is 6.91. The number of nitrogens with zero attached hydrogens (tertiary/aromatic N) is 1. The Kier molecular flexibility index (Phi) is 2.39. The highest BCUT2D eigenvalue weighted by Crippen LogP contribution is 2.35. The van der Waals surface area contributed by atoms with Gasteiger partial charge in [-0.05, 0) is 6.92 Å². The lowest BCUT2D eigenvalue weighted by Crippen LogP contribution is -2.19. The molecule has 1 aromatic rings. The van der Waals surface area contributed by atoms with Gasteiger partial charge in [0.05, 0.1) is 16.1 Å². The van der Waals surface area contributed by atoms with Crippen LogP contribution < -0.4 is 0 Å². The maximum Gasteiger partial charge on any atom is 0.419 e. The topological polar surface area (TPSA) is 33.1 Å². The second-order valence-corrected chi connectivity index (χ2v) is 3.13. The summed E-state index contributed by atoms with van der Waals surface area (Å²) in [6.07, 6.45) is -7.00. The summed E-state index contributed by atoms with van der Waals surface area (Å²) in [5.74, 6) is 0. The van der Waals surface area contributed by atoms with E-state index in [0.717, 1.165) is 11.3 Å². The van der Waals surface area contributed by atoms with Crippen molar-refractivity contribution < 1.29 is 18.3 Å². The van der Waals surface area contributed by atoms with Gasteiger partial charge in [-0.15, -0.1) is 11.3 Å². The van der Waals surface area contributed by atoms with Gasteiger partial charge in [-0.25, -0.2) is 4.98 Å². The van der Waals surface area contributed by atoms with E-state index in [4.69, 9.17) is 5.11 Å². The molecule has 1 rings (SSSR count). The van der Waals surface area contributed by atoms with E-state index >= 15 is 0 Å². The van der Waals surface area contributed by atoms with Gasteiger partial charge in [-0.3, -0.25) is 0 Å². The molecule has 0 radical (unpaired) electrons. The lowest BCUT2D eigenvalue weighted by atomic mass is 10.2. The molecular weight excluding hydrogens is 191 g/mol. The molecule has 0 fully saturated rings. The first kappa shape index (κ1) is 9.47. The van der Waals surface area contributed by atoms with Crippen molar-refractivity contribution in [1.29, 1.82) is 0 Å². The summed E-state index contributed by atoms with van der Waals surface area (Å²) in [4.78, 5) is 3.47. The van der Waals surface area contributed by atoms with Crippen LogP contribution in [0.25, 0.3) is 0 Å². The van der Waals surface area contributed by atoms with Crippen molar-refractivity contribution in [2.45, 2.75) is 19.2 Å². The van der Waals surface area contributed by atoms with Crippen molar-refractivity contribution >= 4 is 11.3 Å². The highest BCUT2D eigenvalue weighted by molar-refractivity contribution is 7.09. The highest BCUT2D eigenvalue weighted by atomic mass is 32.1. The van der Waals surface area contributed by atoms with Crippen LogP contribution in [0.2, 0.25) is 0 Å². The van der Waals surface area contributed by atoms with Gasteiger partial charge in [0.25, 0.3) is 0 Å². The average molecular weight is 197 g/mol. The smallest absolute Gasteiger partial charge is 0.379 e. The van der Waals surface area contributed by atoms with E-state index < -0.39 is 12.3 Å². The van der Waals surface area contributed by atoms with Gasteiger partial charge < -0.3 is 5.11 Å². The van der Waals surface area contributed by atoms with Gasteiger partial charge in [0.15, 0.2) is 6.10 Å². The number of rotatable bonds is 1. The Morgan fingerprint density at radius 3 is 2.50 bits per heavy atom. The third-order valence-corrected chi connectivity index (χ3v) is 2.32. The first-order chi connectivity index (χ1) is 5.43. The number of hydrogen-bond donors (Lipinski definition) is 1. The molecule has 0 aliphatic carbocycles. The van der Waals surface area contributed by atoms with Crippen molar-refractivity contribution in [3.63, 3.8) is 0 Å². The van der Waals surface area contributed by atoms with Gasteiger partial charge in [0, 0.05) is 0 Å². The molecular formula is C6H6F3NOS. The molecule has 0 bridgehead atoms. The Morgan fingerprint density at radius 1 is 1.58 bits per heavy atom. The second kappa shape index (κ2) is 3.02. The van der Waals surface area contributed by atoms with Gasteiger partial charge in [0.1, 0.15) is 0 Å². The molecule has 0 unspecified atom stereocenters. The zero-order chi connectivity index (χ0) is 9.35. The summed E-state index contributed by atoms with van der Waals surface area (Å²) in [6, 6.07) is 0. The van der Waals surface area contributed by atoms with Crippen LogP contribution in [0.3, 0.4) is 0 Å². The van der Waals surface area contributed by atoms with Gasteiger partial charge in [-0.2, -0.15) is 13.2 Å². The molecule has 0 amide bonds. The molecule has 0 saturated carbocycles. The number of halogens is 3. The minimum atomic E-state index is -4.60. The van der Waals surface area contributed by atoms with Gasteiger partial charge in [-0.1, -0.05) is 0 Å². The summed E-state index contributed by atoms with van der Waals surface area (Å²) in [6.45, 7) is 1.43. The van der Waals surface area contributed by atoms with Crippen LogP contribution in [0, 0.1) is 6.92 Å². The third-order valence-electron chi connectivity index (χ3n) is 1.34. The van der Waals surface area contributed by atoms with E-state index in [-0.39, 0.29) is 10.6 Å². The van der Waals surface area contributed by atoms with Gasteiger partial charge >= 0.3 is 6.18 Å². The van der Waals surface area contributed by atoms with Crippen molar-refractivity contribution in [2.24, 2.45) is 0 Å². The van der Waals surface area contributed by atoms with E-state index in [1.54, 1.807) is 0 Å². The molecule has 0 saturated heterocycles. The summed E-state index contributed by atoms with van der Waals surface area (Å²) in [5.41, 5.74) is 1.50. The van der Waals surface area contributed by atoms with Crippen LogP contribution >= 0.6 is 11.3 Å². The van der Waals surface area contributed by atoms with Crippen LogP contribution in [-0.2, 0) is 0 Å². The predicted octanol–water partition coefficient (Wildman–Crippen LogP) is 2.05. The maximum absolute atomic E-state index is 11.9. The molecule has 0 aromatic carbocycles. The summed E-state index contributed by atoms with van der Waals surface area (Å²) >= 11 is 0.803. The summed E-state index contributed by atoms with van der Waals surface area (Å²) in [5, 5.41) is 8.77. The molecule has 68 valence electrons. The van der Waals surface area contributed by atoms with Crippen molar-refractivity contribution in [3.8, 4) is 0 Å². The quantitative estimate of drug-likeness (QED) is 0.747. The van der Waals surface area contributed by atoms with Crippen LogP contribution in [0.4, 0.5) is 13.2 Å². The maximum atomic E-state index is 11.9. The third kappa shape index (κ3) is 1.75. The SMILES string of the molecule is Cc1ncsc1[C@H](O)C(F)(F)F. The number of aliphatic hydroxyl groups is 1. The fourth-order valence-electron chi connectivity index (χ4n) is 0.722. The fraction of sp³-hybridized carbons (Fsp3) is 0.500. The first-order valence-electron chi connectivity index (χ1n) is 3.07. The Balaban J connectivity index is 2.92. The molecule has 0 aliphatic heterocycles. The molecule has 1 aromatic heterocycles. The van der Waals surface area contributed by atoms with E-state index in [1.165, 1.54) is 12.4 Å². The number of aliphatic hydroxyl groups excluding tert-OH is 1. The van der Waals surface area contributed by atoms with Crippen LogP contribution in [0.1, 0.15) is 16.7 Å². The molecule has 1 atom stereocenters. The largest absolute Gasteiger partial charge is 0.419 e. The minimum Gasteiger partial charge on any atom is -0.379 e. The molecule has 12 heavy (non-hydrogen) atoms. The van der Waals surface area contributed by atoms with E-state index in [2.05, 4.69) is 4.98 Å². The van der Waals surface area contributed by atoms with Crippen molar-refractivity contribution in [1.82, 2.24) is 4.98 Å². The lowest BCUT2D eigenvalue weighted by Gasteiger charge is -2.12. The molecule has 2 nitrogen and oxygen atoms in total. The van der Waals surface area contributed by atoms with E-state index in [0.29, 0.717) is 0 Å². The summed E-state index contributed by atoms with van der Waals surface area (Å²) < 4.78 is 35.8. The Hall–Kier alpha value is -0.620. The second-order valence-electron chi connectivity index (χ2n) is 2.25. The number of aromatic nitrogens is 1. The highest BCUT2D eigenvalue weighted by Gasteiger charge is 2.41. The molecule has 6 heteroatoms. The van der Waals surface area contributed by atoms with Crippen molar-refractivity contribution in [3.05, 3.63) is 16.1 Å². The Labute approximate surface area is 70.7 Å². The van der Waals surface area contributed by atoms with E-state index in [1.807, 2.05) is 0 Å². The van der Waals surface area contributed by atoms with Gasteiger partial charge in [0.2, 0.25) is 0 Å².